The van der Waals surface area contributed by atoms with Crippen molar-refractivity contribution in [3.63, 3.8) is 0 Å². The van der Waals surface area contributed by atoms with Crippen molar-refractivity contribution in [1.29, 1.82) is 0 Å². The zero-order valence-electron chi connectivity index (χ0n) is 14.3. The largest absolute Gasteiger partial charge is 0.497 e. The molecule has 2 N–H and O–H groups in total. The van der Waals surface area contributed by atoms with Gasteiger partial charge in [0.1, 0.15) is 5.75 Å². The van der Waals surface area contributed by atoms with Crippen LogP contribution in [0.2, 0.25) is 0 Å². The van der Waals surface area contributed by atoms with Crippen molar-refractivity contribution in [2.75, 3.05) is 19.0 Å². The van der Waals surface area contributed by atoms with Crippen molar-refractivity contribution in [1.82, 2.24) is 5.32 Å². The SMILES string of the molecule is COc1cccc(CC(=O)NCC#Cc2ccc(NC(C)=O)cc2)c1. The van der Waals surface area contributed by atoms with Crippen LogP contribution in [0.4, 0.5) is 5.69 Å². The van der Waals surface area contributed by atoms with Crippen LogP contribution in [0.15, 0.2) is 48.5 Å². The zero-order valence-corrected chi connectivity index (χ0v) is 14.3. The first-order valence-electron chi connectivity index (χ1n) is 7.83. The number of carbonyl (C=O) groups excluding carboxylic acids is 2. The summed E-state index contributed by atoms with van der Waals surface area (Å²) in [6.45, 7) is 1.73. The van der Waals surface area contributed by atoms with Crippen molar-refractivity contribution < 1.29 is 14.3 Å². The molecule has 0 bridgehead atoms. The van der Waals surface area contributed by atoms with Crippen molar-refractivity contribution in [3.05, 3.63) is 59.7 Å². The number of hydrogen-bond acceptors (Lipinski definition) is 3. The fraction of sp³-hybridized carbons (Fsp3) is 0.200. The van der Waals surface area contributed by atoms with Gasteiger partial charge in [-0.1, -0.05) is 24.0 Å². The third kappa shape index (κ3) is 6.40. The van der Waals surface area contributed by atoms with Gasteiger partial charge in [-0.05, 0) is 42.0 Å². The Morgan fingerprint density at radius 3 is 2.56 bits per heavy atom. The number of anilines is 1. The molecule has 2 aromatic rings. The van der Waals surface area contributed by atoms with Gasteiger partial charge in [-0.2, -0.15) is 0 Å². The fourth-order valence-corrected chi connectivity index (χ4v) is 2.16. The number of methoxy groups -OCH3 is 1. The van der Waals surface area contributed by atoms with Crippen LogP contribution in [0.25, 0.3) is 0 Å². The van der Waals surface area contributed by atoms with Crippen LogP contribution in [0, 0.1) is 11.8 Å². The van der Waals surface area contributed by atoms with E-state index in [9.17, 15) is 9.59 Å². The summed E-state index contributed by atoms with van der Waals surface area (Å²) in [5.74, 6) is 6.39. The van der Waals surface area contributed by atoms with Gasteiger partial charge in [-0.25, -0.2) is 0 Å². The Labute approximate surface area is 147 Å². The van der Waals surface area contributed by atoms with Gasteiger partial charge in [0.2, 0.25) is 11.8 Å². The maximum absolute atomic E-state index is 11.9. The number of hydrogen-bond donors (Lipinski definition) is 2. The minimum atomic E-state index is -0.113. The minimum absolute atomic E-state index is 0.0939. The van der Waals surface area contributed by atoms with Crippen LogP contribution in [0.1, 0.15) is 18.1 Å². The predicted molar refractivity (Wildman–Crippen MR) is 97.3 cm³/mol. The lowest BCUT2D eigenvalue weighted by Gasteiger charge is -2.04. The van der Waals surface area contributed by atoms with Gasteiger partial charge >= 0.3 is 0 Å². The average Bonchev–Trinajstić information content (AvgIpc) is 2.60. The van der Waals surface area contributed by atoms with Crippen molar-refractivity contribution in [3.8, 4) is 17.6 Å². The lowest BCUT2D eigenvalue weighted by atomic mass is 10.1. The lowest BCUT2D eigenvalue weighted by molar-refractivity contribution is -0.120. The molecule has 0 heterocycles. The summed E-state index contributed by atoms with van der Waals surface area (Å²) in [6.07, 6.45) is 0.282. The van der Waals surface area contributed by atoms with E-state index >= 15 is 0 Å². The second kappa shape index (κ2) is 9.14. The maximum atomic E-state index is 11.9. The molecular weight excluding hydrogens is 316 g/mol. The highest BCUT2D eigenvalue weighted by molar-refractivity contribution is 5.88. The summed E-state index contributed by atoms with van der Waals surface area (Å²) in [5.41, 5.74) is 2.43. The molecule has 0 radical (unpaired) electrons. The summed E-state index contributed by atoms with van der Waals surface area (Å²) in [4.78, 5) is 22.9. The first-order valence-corrected chi connectivity index (χ1v) is 7.83. The highest BCUT2D eigenvalue weighted by Crippen LogP contribution is 2.12. The summed E-state index contributed by atoms with van der Waals surface area (Å²) in [7, 11) is 1.59. The molecule has 5 heteroatoms. The van der Waals surface area contributed by atoms with E-state index < -0.39 is 0 Å². The van der Waals surface area contributed by atoms with Gasteiger partial charge < -0.3 is 15.4 Å². The molecule has 0 aliphatic heterocycles. The van der Waals surface area contributed by atoms with Crippen molar-refractivity contribution in [2.45, 2.75) is 13.3 Å². The Kier molecular flexibility index (Phi) is 6.61. The molecule has 0 spiro atoms. The van der Waals surface area contributed by atoms with E-state index in [0.29, 0.717) is 0 Å². The molecule has 0 aromatic heterocycles. The summed E-state index contributed by atoms with van der Waals surface area (Å²) in [5, 5.41) is 5.46. The van der Waals surface area contributed by atoms with Crippen molar-refractivity contribution in [2.24, 2.45) is 0 Å². The highest BCUT2D eigenvalue weighted by atomic mass is 16.5. The van der Waals surface area contributed by atoms with Gasteiger partial charge in [0, 0.05) is 18.2 Å². The molecule has 0 unspecified atom stereocenters. The molecular formula is C20H20N2O3. The normalized spacial score (nSPS) is 9.52. The van der Waals surface area contributed by atoms with E-state index in [4.69, 9.17) is 4.74 Å². The molecule has 0 aliphatic carbocycles. The molecule has 2 rings (SSSR count). The van der Waals surface area contributed by atoms with E-state index in [-0.39, 0.29) is 24.8 Å². The molecule has 0 fully saturated rings. The fourth-order valence-electron chi connectivity index (χ4n) is 2.16. The summed E-state index contributed by atoms with van der Waals surface area (Å²) >= 11 is 0. The number of amides is 2. The molecule has 2 aromatic carbocycles. The Bertz CT molecular complexity index is 802. The quantitative estimate of drug-likeness (QED) is 0.824. The molecule has 5 nitrogen and oxygen atoms in total. The van der Waals surface area contributed by atoms with Crippen LogP contribution in [0.5, 0.6) is 5.75 Å². The molecule has 25 heavy (non-hydrogen) atoms. The van der Waals surface area contributed by atoms with Gasteiger partial charge in [0.05, 0.1) is 20.1 Å². The van der Waals surface area contributed by atoms with E-state index in [2.05, 4.69) is 22.5 Å². The molecule has 2 amide bonds. The lowest BCUT2D eigenvalue weighted by Crippen LogP contribution is -2.25. The number of ether oxygens (including phenoxy) is 1. The van der Waals surface area contributed by atoms with Gasteiger partial charge in [0.25, 0.3) is 0 Å². The second-order valence-electron chi connectivity index (χ2n) is 5.37. The Balaban J connectivity index is 1.81. The van der Waals surface area contributed by atoms with Gasteiger partial charge in [-0.3, -0.25) is 9.59 Å². The van der Waals surface area contributed by atoms with E-state index in [1.165, 1.54) is 6.92 Å². The summed E-state index contributed by atoms with van der Waals surface area (Å²) < 4.78 is 5.14. The molecule has 0 aliphatic rings. The monoisotopic (exact) mass is 336 g/mol. The van der Waals surface area contributed by atoms with Gasteiger partial charge in [0.15, 0.2) is 0 Å². The zero-order chi connectivity index (χ0) is 18.1. The maximum Gasteiger partial charge on any atom is 0.225 e. The third-order valence-electron chi connectivity index (χ3n) is 3.31. The third-order valence-corrected chi connectivity index (χ3v) is 3.31. The Morgan fingerprint density at radius 2 is 1.88 bits per heavy atom. The topological polar surface area (TPSA) is 67.4 Å². The number of carbonyl (C=O) groups is 2. The van der Waals surface area contributed by atoms with Crippen LogP contribution in [0.3, 0.4) is 0 Å². The second-order valence-corrected chi connectivity index (χ2v) is 5.37. The standard InChI is InChI=1S/C20H20N2O3/c1-15(23)22-18-10-8-16(9-11-18)6-4-12-21-20(24)14-17-5-3-7-19(13-17)25-2/h3,5,7-11,13H,12,14H2,1-2H3,(H,21,24)(H,22,23). The minimum Gasteiger partial charge on any atom is -0.497 e. The number of benzene rings is 2. The highest BCUT2D eigenvalue weighted by Gasteiger charge is 2.03. The van der Waals surface area contributed by atoms with Crippen molar-refractivity contribution >= 4 is 17.5 Å². The smallest absolute Gasteiger partial charge is 0.225 e. The first-order chi connectivity index (χ1) is 12.1. The number of nitrogens with one attached hydrogen (secondary N) is 2. The van der Waals surface area contributed by atoms with Crippen LogP contribution in [-0.4, -0.2) is 25.5 Å². The Morgan fingerprint density at radius 1 is 1.12 bits per heavy atom. The van der Waals surface area contributed by atoms with Gasteiger partial charge in [-0.15, -0.1) is 0 Å². The number of rotatable bonds is 5. The van der Waals surface area contributed by atoms with E-state index in [1.54, 1.807) is 19.2 Å². The average molecular weight is 336 g/mol. The first kappa shape index (κ1) is 18.1. The molecule has 0 saturated carbocycles. The van der Waals surface area contributed by atoms with Crippen LogP contribution >= 0.6 is 0 Å². The van der Waals surface area contributed by atoms with E-state index in [1.807, 2.05) is 36.4 Å². The molecule has 0 atom stereocenters. The molecule has 0 saturated heterocycles. The van der Waals surface area contributed by atoms with Crippen LogP contribution < -0.4 is 15.4 Å². The summed E-state index contributed by atoms with van der Waals surface area (Å²) in [6, 6.07) is 14.6. The molecule has 128 valence electrons. The Hall–Kier alpha value is -3.26. The predicted octanol–water partition coefficient (Wildman–Crippen LogP) is 2.36. The van der Waals surface area contributed by atoms with Crippen LogP contribution in [-0.2, 0) is 16.0 Å². The van der Waals surface area contributed by atoms with E-state index in [0.717, 1.165) is 22.6 Å².